The molecule has 2 aliphatic heterocycles. The molecule has 0 aliphatic carbocycles. The van der Waals surface area contributed by atoms with Gasteiger partial charge in [0.1, 0.15) is 0 Å². The number of hydrogen-bond acceptors (Lipinski definition) is 3. The van der Waals surface area contributed by atoms with Gasteiger partial charge in [-0.25, -0.2) is 0 Å². The van der Waals surface area contributed by atoms with Gasteiger partial charge in [-0.1, -0.05) is 6.42 Å². The largest absolute Gasteiger partial charge is 0.381 e. The Morgan fingerprint density at radius 1 is 1.25 bits per heavy atom. The number of rotatable bonds is 3. The van der Waals surface area contributed by atoms with Crippen molar-refractivity contribution in [3.05, 3.63) is 0 Å². The second kappa shape index (κ2) is 5.48. The Morgan fingerprint density at radius 2 is 2.00 bits per heavy atom. The third-order valence-corrected chi connectivity index (χ3v) is 4.13. The Bertz CT molecular complexity index is 206. The SMILES string of the molecule is CN(C)CC1(C2CCOCC2)CCCCN1. The number of piperidine rings is 1. The van der Waals surface area contributed by atoms with Crippen LogP contribution in [-0.4, -0.2) is 50.8 Å². The number of hydrogen-bond donors (Lipinski definition) is 1. The standard InChI is InChI=1S/C13H26N2O/c1-15(2)11-13(7-3-4-8-14-13)12-5-9-16-10-6-12/h12,14H,3-11H2,1-2H3. The maximum absolute atomic E-state index is 5.50. The molecule has 0 spiro atoms. The summed E-state index contributed by atoms with van der Waals surface area (Å²) < 4.78 is 5.50. The second-order valence-electron chi connectivity index (χ2n) is 5.66. The molecule has 0 aromatic rings. The van der Waals surface area contributed by atoms with Crippen LogP contribution in [0.15, 0.2) is 0 Å². The van der Waals surface area contributed by atoms with Crippen LogP contribution < -0.4 is 5.32 Å². The minimum Gasteiger partial charge on any atom is -0.381 e. The van der Waals surface area contributed by atoms with Crippen LogP contribution in [0.3, 0.4) is 0 Å². The van der Waals surface area contributed by atoms with E-state index < -0.39 is 0 Å². The molecule has 1 unspecified atom stereocenters. The average molecular weight is 226 g/mol. The smallest absolute Gasteiger partial charge is 0.0469 e. The molecule has 2 fully saturated rings. The van der Waals surface area contributed by atoms with E-state index in [-0.39, 0.29) is 0 Å². The first-order valence-electron chi connectivity index (χ1n) is 6.70. The molecule has 2 aliphatic rings. The highest BCUT2D eigenvalue weighted by Gasteiger charge is 2.40. The van der Waals surface area contributed by atoms with E-state index in [1.54, 1.807) is 0 Å². The summed E-state index contributed by atoms with van der Waals surface area (Å²) in [6, 6.07) is 0. The van der Waals surface area contributed by atoms with E-state index in [0.717, 1.165) is 19.1 Å². The van der Waals surface area contributed by atoms with Gasteiger partial charge in [0, 0.05) is 25.3 Å². The Morgan fingerprint density at radius 3 is 2.56 bits per heavy atom. The van der Waals surface area contributed by atoms with E-state index in [4.69, 9.17) is 4.74 Å². The molecule has 16 heavy (non-hydrogen) atoms. The van der Waals surface area contributed by atoms with Gasteiger partial charge in [0.15, 0.2) is 0 Å². The zero-order valence-electron chi connectivity index (χ0n) is 10.8. The van der Waals surface area contributed by atoms with Gasteiger partial charge in [0.2, 0.25) is 0 Å². The molecule has 1 atom stereocenters. The van der Waals surface area contributed by atoms with Crippen LogP contribution in [0.1, 0.15) is 32.1 Å². The van der Waals surface area contributed by atoms with Crippen LogP contribution in [0.5, 0.6) is 0 Å². The lowest BCUT2D eigenvalue weighted by Gasteiger charge is -2.47. The lowest BCUT2D eigenvalue weighted by Crippen LogP contribution is -2.60. The minimum absolute atomic E-state index is 0.367. The Labute approximate surface area is 99.5 Å². The summed E-state index contributed by atoms with van der Waals surface area (Å²) >= 11 is 0. The van der Waals surface area contributed by atoms with Crippen LogP contribution in [-0.2, 0) is 4.74 Å². The first-order valence-corrected chi connectivity index (χ1v) is 6.70. The summed E-state index contributed by atoms with van der Waals surface area (Å²) in [5.74, 6) is 0.809. The third-order valence-electron chi connectivity index (χ3n) is 4.13. The summed E-state index contributed by atoms with van der Waals surface area (Å²) in [5, 5.41) is 3.84. The zero-order valence-corrected chi connectivity index (χ0v) is 10.8. The van der Waals surface area contributed by atoms with Gasteiger partial charge in [0.25, 0.3) is 0 Å². The van der Waals surface area contributed by atoms with Crippen molar-refractivity contribution < 1.29 is 4.74 Å². The molecule has 3 nitrogen and oxygen atoms in total. The number of nitrogens with zero attached hydrogens (tertiary/aromatic N) is 1. The fourth-order valence-electron chi connectivity index (χ4n) is 3.42. The summed E-state index contributed by atoms with van der Waals surface area (Å²) in [7, 11) is 4.38. The number of nitrogens with one attached hydrogen (secondary N) is 1. The molecule has 2 heterocycles. The Balaban J connectivity index is 2.05. The molecule has 2 rings (SSSR count). The van der Waals surface area contributed by atoms with Gasteiger partial charge in [-0.05, 0) is 52.2 Å². The molecule has 1 N–H and O–H groups in total. The highest BCUT2D eigenvalue weighted by Crippen LogP contribution is 2.34. The van der Waals surface area contributed by atoms with Crippen molar-refractivity contribution in [3.63, 3.8) is 0 Å². The summed E-state index contributed by atoms with van der Waals surface area (Å²) in [6.45, 7) is 4.30. The van der Waals surface area contributed by atoms with Crippen molar-refractivity contribution in [2.24, 2.45) is 5.92 Å². The van der Waals surface area contributed by atoms with Gasteiger partial charge in [0.05, 0.1) is 0 Å². The summed E-state index contributed by atoms with van der Waals surface area (Å²) in [4.78, 5) is 2.34. The zero-order chi connectivity index (χ0) is 11.4. The van der Waals surface area contributed by atoms with Crippen LogP contribution >= 0.6 is 0 Å². The molecule has 0 saturated carbocycles. The fraction of sp³-hybridized carbons (Fsp3) is 1.00. The van der Waals surface area contributed by atoms with Gasteiger partial charge in [-0.15, -0.1) is 0 Å². The maximum Gasteiger partial charge on any atom is 0.0469 e. The first kappa shape index (κ1) is 12.3. The predicted octanol–water partition coefficient (Wildman–Crippen LogP) is 1.49. The lowest BCUT2D eigenvalue weighted by atomic mass is 9.73. The Kier molecular flexibility index (Phi) is 4.22. The van der Waals surface area contributed by atoms with Gasteiger partial charge < -0.3 is 15.0 Å². The summed E-state index contributed by atoms with van der Waals surface area (Å²) in [6.07, 6.45) is 6.55. The quantitative estimate of drug-likeness (QED) is 0.789. The molecule has 0 aromatic heterocycles. The molecular weight excluding hydrogens is 200 g/mol. The van der Waals surface area contributed by atoms with Crippen molar-refractivity contribution in [1.29, 1.82) is 0 Å². The van der Waals surface area contributed by atoms with E-state index in [1.165, 1.54) is 45.2 Å². The van der Waals surface area contributed by atoms with Gasteiger partial charge in [-0.2, -0.15) is 0 Å². The topological polar surface area (TPSA) is 24.5 Å². The van der Waals surface area contributed by atoms with E-state index >= 15 is 0 Å². The predicted molar refractivity (Wildman–Crippen MR) is 66.7 cm³/mol. The van der Waals surface area contributed by atoms with Crippen molar-refractivity contribution in [1.82, 2.24) is 10.2 Å². The molecular formula is C13H26N2O. The van der Waals surface area contributed by atoms with E-state index in [9.17, 15) is 0 Å². The highest BCUT2D eigenvalue weighted by molar-refractivity contribution is 4.99. The maximum atomic E-state index is 5.50. The van der Waals surface area contributed by atoms with Crippen molar-refractivity contribution >= 4 is 0 Å². The van der Waals surface area contributed by atoms with Gasteiger partial charge >= 0.3 is 0 Å². The van der Waals surface area contributed by atoms with Crippen LogP contribution in [0.2, 0.25) is 0 Å². The highest BCUT2D eigenvalue weighted by atomic mass is 16.5. The van der Waals surface area contributed by atoms with E-state index in [0.29, 0.717) is 5.54 Å². The second-order valence-corrected chi connectivity index (χ2v) is 5.66. The van der Waals surface area contributed by atoms with Gasteiger partial charge in [-0.3, -0.25) is 0 Å². The molecule has 94 valence electrons. The molecule has 3 heteroatoms. The van der Waals surface area contributed by atoms with Crippen LogP contribution in [0.25, 0.3) is 0 Å². The lowest BCUT2D eigenvalue weighted by molar-refractivity contribution is 0.0103. The molecule has 2 saturated heterocycles. The van der Waals surface area contributed by atoms with Crippen LogP contribution in [0.4, 0.5) is 0 Å². The van der Waals surface area contributed by atoms with E-state index in [2.05, 4.69) is 24.3 Å². The van der Waals surface area contributed by atoms with Crippen molar-refractivity contribution in [3.8, 4) is 0 Å². The number of likely N-dealkylation sites (N-methyl/N-ethyl adjacent to an activating group) is 1. The molecule has 0 amide bonds. The van der Waals surface area contributed by atoms with Crippen LogP contribution in [0, 0.1) is 5.92 Å². The van der Waals surface area contributed by atoms with Crippen molar-refractivity contribution in [2.45, 2.75) is 37.6 Å². The minimum atomic E-state index is 0.367. The molecule has 0 aromatic carbocycles. The normalized spacial score (nSPS) is 33.2. The fourth-order valence-corrected chi connectivity index (χ4v) is 3.42. The molecule has 0 radical (unpaired) electrons. The molecule has 0 bridgehead atoms. The van der Waals surface area contributed by atoms with Crippen molar-refractivity contribution in [2.75, 3.05) is 40.4 Å². The number of ether oxygens (including phenoxy) is 1. The van der Waals surface area contributed by atoms with E-state index in [1.807, 2.05) is 0 Å². The first-order chi connectivity index (χ1) is 7.73. The third kappa shape index (κ3) is 2.76. The average Bonchev–Trinajstić information content (AvgIpc) is 2.30. The summed E-state index contributed by atoms with van der Waals surface area (Å²) in [5.41, 5.74) is 0.367. The monoisotopic (exact) mass is 226 g/mol. The Hall–Kier alpha value is -0.120.